The van der Waals surface area contributed by atoms with Crippen molar-refractivity contribution in [3.05, 3.63) is 0 Å². The zero-order valence-electron chi connectivity index (χ0n) is 11.4. The molecule has 1 fully saturated rings. The molecule has 5 heteroatoms. The number of amides is 1. The Hall–Kier alpha value is -1.10. The Kier molecular flexibility index (Phi) is 6.72. The van der Waals surface area contributed by atoms with Crippen molar-refractivity contribution in [3.63, 3.8) is 0 Å². The predicted molar refractivity (Wildman–Crippen MR) is 69.1 cm³/mol. The van der Waals surface area contributed by atoms with Crippen molar-refractivity contribution in [2.75, 3.05) is 26.7 Å². The van der Waals surface area contributed by atoms with Gasteiger partial charge in [-0.1, -0.05) is 19.8 Å². The standard InChI is InChI=1S/C13H24N2O3/c1-3-4-8-14-12(16)10-15-9-6-5-7-11(15)13(17)18-2/h11H,3-10H2,1-2H3,(H,14,16). The molecule has 1 rings (SSSR count). The molecule has 1 N–H and O–H groups in total. The van der Waals surface area contributed by atoms with Crippen LogP contribution in [-0.2, 0) is 14.3 Å². The van der Waals surface area contributed by atoms with Crippen LogP contribution in [0.4, 0.5) is 0 Å². The Morgan fingerprint density at radius 3 is 2.83 bits per heavy atom. The largest absolute Gasteiger partial charge is 0.468 e. The van der Waals surface area contributed by atoms with E-state index in [2.05, 4.69) is 12.2 Å². The number of carbonyl (C=O) groups is 2. The lowest BCUT2D eigenvalue weighted by Crippen LogP contribution is -2.49. The maximum absolute atomic E-state index is 11.7. The van der Waals surface area contributed by atoms with Gasteiger partial charge in [-0.05, 0) is 25.8 Å². The predicted octanol–water partition coefficient (Wildman–Crippen LogP) is 0.930. The number of nitrogens with zero attached hydrogens (tertiary/aromatic N) is 1. The number of hydrogen-bond donors (Lipinski definition) is 1. The summed E-state index contributed by atoms with van der Waals surface area (Å²) >= 11 is 0. The fraction of sp³-hybridized carbons (Fsp3) is 0.846. The van der Waals surface area contributed by atoms with E-state index in [0.29, 0.717) is 13.1 Å². The van der Waals surface area contributed by atoms with Gasteiger partial charge in [-0.15, -0.1) is 0 Å². The highest BCUT2D eigenvalue weighted by molar-refractivity contribution is 5.80. The molecule has 1 saturated heterocycles. The first-order valence-electron chi connectivity index (χ1n) is 6.77. The number of unbranched alkanes of at least 4 members (excludes halogenated alkanes) is 1. The van der Waals surface area contributed by atoms with E-state index in [9.17, 15) is 9.59 Å². The van der Waals surface area contributed by atoms with Crippen LogP contribution in [0, 0.1) is 0 Å². The molecule has 1 aliphatic rings. The maximum atomic E-state index is 11.7. The molecule has 1 heterocycles. The van der Waals surface area contributed by atoms with Crippen LogP contribution in [0.15, 0.2) is 0 Å². The van der Waals surface area contributed by atoms with Crippen molar-refractivity contribution < 1.29 is 14.3 Å². The molecule has 0 aromatic carbocycles. The first-order valence-corrected chi connectivity index (χ1v) is 6.77. The molecule has 0 aromatic heterocycles. The summed E-state index contributed by atoms with van der Waals surface area (Å²) in [6.07, 6.45) is 4.90. The molecule has 5 nitrogen and oxygen atoms in total. The van der Waals surface area contributed by atoms with Gasteiger partial charge >= 0.3 is 5.97 Å². The van der Waals surface area contributed by atoms with Gasteiger partial charge in [-0.25, -0.2) is 0 Å². The van der Waals surface area contributed by atoms with Crippen LogP contribution in [0.3, 0.4) is 0 Å². The monoisotopic (exact) mass is 256 g/mol. The lowest BCUT2D eigenvalue weighted by atomic mass is 10.0. The summed E-state index contributed by atoms with van der Waals surface area (Å²) in [6.45, 7) is 3.89. The lowest BCUT2D eigenvalue weighted by Gasteiger charge is -2.32. The quantitative estimate of drug-likeness (QED) is 0.567. The molecule has 18 heavy (non-hydrogen) atoms. The zero-order chi connectivity index (χ0) is 13.4. The van der Waals surface area contributed by atoms with E-state index in [1.807, 2.05) is 4.90 Å². The maximum Gasteiger partial charge on any atom is 0.323 e. The van der Waals surface area contributed by atoms with Crippen LogP contribution in [0.2, 0.25) is 0 Å². The molecule has 1 unspecified atom stereocenters. The third-order valence-electron chi connectivity index (χ3n) is 3.29. The smallest absolute Gasteiger partial charge is 0.323 e. The highest BCUT2D eigenvalue weighted by atomic mass is 16.5. The minimum atomic E-state index is -0.249. The third kappa shape index (κ3) is 4.64. The molecule has 0 radical (unpaired) electrons. The topological polar surface area (TPSA) is 58.6 Å². The Bertz CT molecular complexity index is 281. The minimum absolute atomic E-state index is 0.000692. The lowest BCUT2D eigenvalue weighted by molar-refractivity contribution is -0.148. The number of esters is 1. The molecular formula is C13H24N2O3. The van der Waals surface area contributed by atoms with Crippen LogP contribution in [0.5, 0.6) is 0 Å². The number of rotatable bonds is 6. The number of methoxy groups -OCH3 is 1. The summed E-state index contributed by atoms with van der Waals surface area (Å²) in [4.78, 5) is 25.3. The number of ether oxygens (including phenoxy) is 1. The van der Waals surface area contributed by atoms with Crippen molar-refractivity contribution in [1.29, 1.82) is 0 Å². The molecule has 0 bridgehead atoms. The third-order valence-corrected chi connectivity index (χ3v) is 3.29. The number of nitrogens with one attached hydrogen (secondary N) is 1. The first-order chi connectivity index (χ1) is 8.69. The van der Waals surface area contributed by atoms with Gasteiger partial charge < -0.3 is 10.1 Å². The molecule has 104 valence electrons. The van der Waals surface area contributed by atoms with Crippen LogP contribution in [0.1, 0.15) is 39.0 Å². The van der Waals surface area contributed by atoms with E-state index < -0.39 is 0 Å². The summed E-state index contributed by atoms with van der Waals surface area (Å²) in [5.41, 5.74) is 0. The van der Waals surface area contributed by atoms with Gasteiger partial charge in [-0.3, -0.25) is 14.5 Å². The zero-order valence-corrected chi connectivity index (χ0v) is 11.4. The van der Waals surface area contributed by atoms with Crippen LogP contribution in [0.25, 0.3) is 0 Å². The fourth-order valence-corrected chi connectivity index (χ4v) is 2.23. The van der Waals surface area contributed by atoms with Gasteiger partial charge in [0.15, 0.2) is 0 Å². The molecular weight excluding hydrogens is 232 g/mol. The van der Waals surface area contributed by atoms with Crippen LogP contribution in [-0.4, -0.2) is 49.6 Å². The highest BCUT2D eigenvalue weighted by Crippen LogP contribution is 2.17. The van der Waals surface area contributed by atoms with Gasteiger partial charge in [0, 0.05) is 6.54 Å². The van der Waals surface area contributed by atoms with Crippen molar-refractivity contribution in [1.82, 2.24) is 10.2 Å². The molecule has 1 aliphatic heterocycles. The van der Waals surface area contributed by atoms with E-state index in [4.69, 9.17) is 4.74 Å². The summed E-state index contributed by atoms with van der Waals surface area (Å²) in [7, 11) is 1.40. The second-order valence-electron chi connectivity index (χ2n) is 4.71. The molecule has 0 saturated carbocycles. The van der Waals surface area contributed by atoms with Gasteiger partial charge in [0.05, 0.1) is 13.7 Å². The average Bonchev–Trinajstić information content (AvgIpc) is 2.39. The van der Waals surface area contributed by atoms with E-state index in [1.54, 1.807) is 0 Å². The van der Waals surface area contributed by atoms with Gasteiger partial charge in [0.2, 0.25) is 5.91 Å². The number of hydrogen-bond acceptors (Lipinski definition) is 4. The van der Waals surface area contributed by atoms with E-state index in [-0.39, 0.29) is 17.9 Å². The Morgan fingerprint density at radius 2 is 2.17 bits per heavy atom. The summed E-state index contributed by atoms with van der Waals surface area (Å²) in [5.74, 6) is -0.227. The number of likely N-dealkylation sites (tertiary alicyclic amines) is 1. The molecule has 1 amide bonds. The van der Waals surface area contributed by atoms with Crippen molar-refractivity contribution >= 4 is 11.9 Å². The average molecular weight is 256 g/mol. The SMILES string of the molecule is CCCCNC(=O)CN1CCCCC1C(=O)OC. The van der Waals surface area contributed by atoms with E-state index in [1.165, 1.54) is 7.11 Å². The van der Waals surface area contributed by atoms with Gasteiger partial charge in [-0.2, -0.15) is 0 Å². The van der Waals surface area contributed by atoms with E-state index >= 15 is 0 Å². The summed E-state index contributed by atoms with van der Waals surface area (Å²) in [5, 5.41) is 2.88. The summed E-state index contributed by atoms with van der Waals surface area (Å²) in [6, 6.07) is -0.249. The first kappa shape index (κ1) is 15.0. The van der Waals surface area contributed by atoms with Gasteiger partial charge in [0.1, 0.15) is 6.04 Å². The molecule has 1 atom stereocenters. The molecule has 0 aromatic rings. The van der Waals surface area contributed by atoms with Crippen molar-refractivity contribution in [3.8, 4) is 0 Å². The second kappa shape index (κ2) is 8.08. The van der Waals surface area contributed by atoms with Crippen molar-refractivity contribution in [2.24, 2.45) is 0 Å². The van der Waals surface area contributed by atoms with Crippen LogP contribution < -0.4 is 5.32 Å². The normalized spacial score (nSPS) is 20.4. The minimum Gasteiger partial charge on any atom is -0.468 e. The Balaban J connectivity index is 2.41. The molecule has 0 aliphatic carbocycles. The number of carbonyl (C=O) groups excluding carboxylic acids is 2. The highest BCUT2D eigenvalue weighted by Gasteiger charge is 2.30. The van der Waals surface area contributed by atoms with Crippen LogP contribution >= 0.6 is 0 Å². The fourth-order valence-electron chi connectivity index (χ4n) is 2.23. The van der Waals surface area contributed by atoms with Gasteiger partial charge in [0.25, 0.3) is 0 Å². The second-order valence-corrected chi connectivity index (χ2v) is 4.71. The van der Waals surface area contributed by atoms with E-state index in [0.717, 1.165) is 38.6 Å². The Labute approximate surface area is 109 Å². The Morgan fingerprint density at radius 1 is 1.39 bits per heavy atom. The molecule has 0 spiro atoms. The summed E-state index contributed by atoms with van der Waals surface area (Å²) < 4.78 is 4.79. The number of piperidine rings is 1. The van der Waals surface area contributed by atoms with Crippen molar-refractivity contribution in [2.45, 2.75) is 45.1 Å².